The van der Waals surface area contributed by atoms with E-state index < -0.39 is 32.7 Å². The summed E-state index contributed by atoms with van der Waals surface area (Å²) in [6.45, 7) is 5.14. The Balaban J connectivity index is 2.34. The first kappa shape index (κ1) is 22.9. The minimum atomic E-state index is -3.72. The molecule has 0 spiro atoms. The fraction of sp³-hybridized carbons (Fsp3) is 0.455. The molecule has 1 aromatic carbocycles. The van der Waals surface area contributed by atoms with Gasteiger partial charge in [0.25, 0.3) is 5.56 Å². The van der Waals surface area contributed by atoms with Crippen molar-refractivity contribution in [2.45, 2.75) is 53.0 Å². The Morgan fingerprint density at radius 1 is 1.10 bits per heavy atom. The zero-order valence-electron chi connectivity index (χ0n) is 18.1. The third-order valence-electron chi connectivity index (χ3n) is 5.82. The minimum Gasteiger partial charge on any atom is -0.296 e. The summed E-state index contributed by atoms with van der Waals surface area (Å²) in [5.74, 6) is -1.38. The summed E-state index contributed by atoms with van der Waals surface area (Å²) in [5.41, 5.74) is -0.444. The van der Waals surface area contributed by atoms with Crippen LogP contribution < -0.4 is 11.2 Å². The fourth-order valence-corrected chi connectivity index (χ4v) is 5.43. The number of aromatic nitrogens is 2. The monoisotopic (exact) mass is 446 g/mol. The van der Waals surface area contributed by atoms with Gasteiger partial charge in [0.2, 0.25) is 0 Å². The highest BCUT2D eigenvalue weighted by Crippen LogP contribution is 2.31. The molecule has 9 heteroatoms. The van der Waals surface area contributed by atoms with E-state index in [1.54, 1.807) is 14.0 Å². The number of carbonyl (C=O) groups excluding carboxylic acids is 2. The van der Waals surface area contributed by atoms with Crippen LogP contribution in [0.5, 0.6) is 0 Å². The molecule has 0 saturated heterocycles. The Hall–Kier alpha value is -2.81. The van der Waals surface area contributed by atoms with Crippen LogP contribution >= 0.6 is 0 Å². The number of benzene rings is 1. The molecule has 2 aromatic rings. The topological polar surface area (TPSA) is 112 Å². The van der Waals surface area contributed by atoms with Gasteiger partial charge in [0.1, 0.15) is 0 Å². The van der Waals surface area contributed by atoms with Crippen molar-refractivity contribution in [3.8, 4) is 0 Å². The van der Waals surface area contributed by atoms with Crippen molar-refractivity contribution >= 4 is 32.3 Å². The van der Waals surface area contributed by atoms with E-state index in [2.05, 4.69) is 0 Å². The number of allylic oxidation sites excluding steroid dienone is 2. The molecule has 0 unspecified atom stereocenters. The van der Waals surface area contributed by atoms with Crippen molar-refractivity contribution in [3.05, 3.63) is 54.6 Å². The molecule has 1 heterocycles. The first-order valence-electron chi connectivity index (χ1n) is 10.3. The molecule has 0 saturated carbocycles. The lowest BCUT2D eigenvalue weighted by Crippen LogP contribution is -2.39. The second-order valence-electron chi connectivity index (χ2n) is 7.74. The third-order valence-corrected chi connectivity index (χ3v) is 7.74. The van der Waals surface area contributed by atoms with Gasteiger partial charge in [-0.25, -0.2) is 13.2 Å². The van der Waals surface area contributed by atoms with Crippen LogP contribution in [0.2, 0.25) is 0 Å². The molecule has 166 valence electrons. The maximum Gasteiger partial charge on any atom is 0.331 e. The van der Waals surface area contributed by atoms with Crippen molar-refractivity contribution in [1.82, 2.24) is 9.13 Å². The summed E-state index contributed by atoms with van der Waals surface area (Å²) in [6.07, 6.45) is 1.21. The Morgan fingerprint density at radius 2 is 1.77 bits per heavy atom. The van der Waals surface area contributed by atoms with Crippen LogP contribution in [-0.4, -0.2) is 34.9 Å². The summed E-state index contributed by atoms with van der Waals surface area (Å²) in [4.78, 5) is 51.5. The number of Topliss-reactive ketones (excluding diaryl/α,β-unsaturated/α-hetero) is 2. The molecule has 8 nitrogen and oxygen atoms in total. The first-order chi connectivity index (χ1) is 14.6. The molecule has 1 aromatic heterocycles. The number of hydrogen-bond acceptors (Lipinski definition) is 6. The third kappa shape index (κ3) is 3.71. The zero-order valence-corrected chi connectivity index (χ0v) is 19.0. The second-order valence-corrected chi connectivity index (χ2v) is 10.0. The van der Waals surface area contributed by atoms with E-state index in [0.29, 0.717) is 23.9 Å². The lowest BCUT2D eigenvalue weighted by atomic mass is 9.89. The largest absolute Gasteiger partial charge is 0.331 e. The standard InChI is InChI=1S/C22H26N2O6S/c1-5-12-24-21(27)18-13(3)14(10-11-15(18)23(4)22(24)28)20(26)19-16(25)8-7-9-17(19)31(29,30)6-2/h10-11H,5-9,12H2,1-4H3. The van der Waals surface area contributed by atoms with Gasteiger partial charge in [-0.05, 0) is 43.9 Å². The molecule has 0 bridgehead atoms. The number of nitrogens with zero attached hydrogens (tertiary/aromatic N) is 2. The van der Waals surface area contributed by atoms with Crippen molar-refractivity contribution in [1.29, 1.82) is 0 Å². The van der Waals surface area contributed by atoms with Crippen molar-refractivity contribution in [2.75, 3.05) is 5.75 Å². The molecular weight excluding hydrogens is 420 g/mol. The Labute approximate surface area is 180 Å². The van der Waals surface area contributed by atoms with Gasteiger partial charge >= 0.3 is 5.69 Å². The van der Waals surface area contributed by atoms with Crippen LogP contribution in [0.3, 0.4) is 0 Å². The Morgan fingerprint density at radius 3 is 2.39 bits per heavy atom. The van der Waals surface area contributed by atoms with Crippen LogP contribution in [0.1, 0.15) is 55.5 Å². The van der Waals surface area contributed by atoms with Crippen molar-refractivity contribution in [3.63, 3.8) is 0 Å². The second kappa shape index (κ2) is 8.37. The summed E-state index contributed by atoms with van der Waals surface area (Å²) in [5, 5.41) is 0.213. The van der Waals surface area contributed by atoms with Gasteiger partial charge in [-0.2, -0.15) is 0 Å². The molecule has 0 aliphatic heterocycles. The normalized spacial score (nSPS) is 15.0. The van der Waals surface area contributed by atoms with E-state index in [4.69, 9.17) is 0 Å². The molecule has 31 heavy (non-hydrogen) atoms. The number of hydrogen-bond donors (Lipinski definition) is 0. The van der Waals surface area contributed by atoms with Crippen LogP contribution in [0.25, 0.3) is 10.9 Å². The van der Waals surface area contributed by atoms with Gasteiger partial charge in [0, 0.05) is 25.6 Å². The lowest BCUT2D eigenvalue weighted by molar-refractivity contribution is -0.115. The van der Waals surface area contributed by atoms with Crippen LogP contribution in [0.15, 0.2) is 32.2 Å². The zero-order chi connectivity index (χ0) is 23.1. The van der Waals surface area contributed by atoms with E-state index in [9.17, 15) is 27.6 Å². The average Bonchev–Trinajstić information content (AvgIpc) is 2.74. The molecular formula is C22H26N2O6S. The summed E-state index contributed by atoms with van der Waals surface area (Å²) in [7, 11) is -2.17. The van der Waals surface area contributed by atoms with Crippen LogP contribution in [0.4, 0.5) is 0 Å². The molecule has 0 amide bonds. The van der Waals surface area contributed by atoms with Crippen LogP contribution in [0, 0.1) is 6.92 Å². The minimum absolute atomic E-state index is 0.0975. The quantitative estimate of drug-likeness (QED) is 0.496. The van der Waals surface area contributed by atoms with E-state index >= 15 is 0 Å². The van der Waals surface area contributed by atoms with Crippen molar-refractivity contribution in [2.24, 2.45) is 7.05 Å². The van der Waals surface area contributed by atoms with E-state index in [0.717, 1.165) is 4.57 Å². The number of carbonyl (C=O) groups is 2. The fourth-order valence-electron chi connectivity index (χ4n) is 4.11. The van der Waals surface area contributed by atoms with Gasteiger partial charge in [-0.15, -0.1) is 0 Å². The van der Waals surface area contributed by atoms with E-state index in [1.165, 1.54) is 23.6 Å². The maximum atomic E-state index is 13.4. The molecule has 1 aliphatic carbocycles. The van der Waals surface area contributed by atoms with E-state index in [-0.39, 0.29) is 46.6 Å². The molecule has 0 fully saturated rings. The van der Waals surface area contributed by atoms with Gasteiger partial charge in [0.15, 0.2) is 21.4 Å². The van der Waals surface area contributed by atoms with Gasteiger partial charge in [-0.1, -0.05) is 13.8 Å². The Bertz CT molecular complexity index is 1360. The summed E-state index contributed by atoms with van der Waals surface area (Å²) < 4.78 is 27.6. The number of sulfone groups is 1. The molecule has 0 atom stereocenters. The highest BCUT2D eigenvalue weighted by molar-refractivity contribution is 7.95. The predicted octanol–water partition coefficient (Wildman–Crippen LogP) is 2.04. The Kier molecular flexibility index (Phi) is 6.18. The summed E-state index contributed by atoms with van der Waals surface area (Å²) >= 11 is 0. The number of rotatable bonds is 6. The lowest BCUT2D eigenvalue weighted by Gasteiger charge is -2.19. The number of ketones is 2. The van der Waals surface area contributed by atoms with Crippen LogP contribution in [-0.2, 0) is 28.2 Å². The van der Waals surface area contributed by atoms with Gasteiger partial charge in [-0.3, -0.25) is 23.5 Å². The molecule has 0 N–H and O–H groups in total. The van der Waals surface area contributed by atoms with Crippen molar-refractivity contribution < 1.29 is 18.0 Å². The average molecular weight is 447 g/mol. The SMILES string of the molecule is CCCn1c(=O)c2c(C)c(C(=O)C3=C(S(=O)(=O)CC)CCCC3=O)ccc2n(C)c1=O. The molecule has 3 rings (SSSR count). The van der Waals surface area contributed by atoms with E-state index in [1.807, 2.05) is 6.92 Å². The smallest absolute Gasteiger partial charge is 0.296 e. The highest BCUT2D eigenvalue weighted by Gasteiger charge is 2.33. The van der Waals surface area contributed by atoms with Gasteiger partial charge in [0.05, 0.1) is 27.1 Å². The first-order valence-corrected chi connectivity index (χ1v) is 12.0. The highest BCUT2D eigenvalue weighted by atomic mass is 32.2. The molecule has 1 aliphatic rings. The maximum absolute atomic E-state index is 13.4. The molecule has 0 radical (unpaired) electrons. The number of aryl methyl sites for hydroxylation is 2. The predicted molar refractivity (Wildman–Crippen MR) is 118 cm³/mol. The number of fused-ring (bicyclic) bond motifs is 1. The van der Waals surface area contributed by atoms with Gasteiger partial charge < -0.3 is 0 Å². The summed E-state index contributed by atoms with van der Waals surface area (Å²) in [6, 6.07) is 2.95.